The van der Waals surface area contributed by atoms with Crippen LogP contribution in [-0.4, -0.2) is 44.6 Å². The smallest absolute Gasteiger partial charge is 0.348 e. The Morgan fingerprint density at radius 1 is 1.15 bits per heavy atom. The molecule has 2 heterocycles. The van der Waals surface area contributed by atoms with E-state index >= 15 is 0 Å². The van der Waals surface area contributed by atoms with E-state index in [4.69, 9.17) is 5.11 Å². The molecule has 6 N–H and O–H groups in total. The van der Waals surface area contributed by atoms with Gasteiger partial charge in [-0.2, -0.15) is 5.10 Å². The van der Waals surface area contributed by atoms with Gasteiger partial charge in [-0.1, -0.05) is 31.2 Å². The van der Waals surface area contributed by atoms with Gasteiger partial charge in [-0.25, -0.2) is 14.8 Å². The Kier molecular flexibility index (Phi) is 6.71. The van der Waals surface area contributed by atoms with Crippen molar-refractivity contribution in [3.63, 3.8) is 0 Å². The summed E-state index contributed by atoms with van der Waals surface area (Å²) >= 11 is 0. The first-order valence-electron chi connectivity index (χ1n) is 10.2. The maximum absolute atomic E-state index is 12.7. The van der Waals surface area contributed by atoms with Gasteiger partial charge in [-0.15, -0.1) is 0 Å². The van der Waals surface area contributed by atoms with E-state index in [-0.39, 0.29) is 17.9 Å². The molecular formula is C22H25N6O5+. The van der Waals surface area contributed by atoms with Crippen LogP contribution in [0.15, 0.2) is 47.5 Å². The van der Waals surface area contributed by atoms with Crippen LogP contribution in [0.3, 0.4) is 0 Å². The standard InChI is InChI=1S/C22H24N6O5/c1-12(21(32)33)10-24-20(31)17-23-11-15(18(29)26-17)19(30)27-22(2,3)14-6-4-13(5-7-14)16-8-9-25-28-16/h4-9,11-12H,10H2,1-3H3,(H,24,31)(H,25,28)(H,27,30)(H,32,33)(H,23,26,29)/p+1. The summed E-state index contributed by atoms with van der Waals surface area (Å²) in [4.78, 5) is 53.0. The lowest BCUT2D eigenvalue weighted by Gasteiger charge is -2.26. The Bertz CT molecular complexity index is 1210. The summed E-state index contributed by atoms with van der Waals surface area (Å²) in [6, 6.07) is 9.39. The van der Waals surface area contributed by atoms with Crippen LogP contribution in [0.25, 0.3) is 11.3 Å². The lowest BCUT2D eigenvalue weighted by molar-refractivity contribution is -0.387. The van der Waals surface area contributed by atoms with Crippen LogP contribution in [0, 0.1) is 5.92 Å². The van der Waals surface area contributed by atoms with E-state index in [1.54, 1.807) is 20.0 Å². The van der Waals surface area contributed by atoms with Crippen LogP contribution >= 0.6 is 0 Å². The van der Waals surface area contributed by atoms with E-state index in [9.17, 15) is 19.2 Å². The van der Waals surface area contributed by atoms with Crippen molar-refractivity contribution in [2.75, 3.05) is 6.54 Å². The van der Waals surface area contributed by atoms with E-state index in [1.165, 1.54) is 6.92 Å². The summed E-state index contributed by atoms with van der Waals surface area (Å²) in [6.07, 6.45) is 2.80. The Hall–Kier alpha value is -4.28. The summed E-state index contributed by atoms with van der Waals surface area (Å²) < 4.78 is 0. The van der Waals surface area contributed by atoms with Gasteiger partial charge in [0.2, 0.25) is 0 Å². The highest BCUT2D eigenvalue weighted by molar-refractivity contribution is 5.94. The molecule has 3 aromatic rings. The van der Waals surface area contributed by atoms with Crippen LogP contribution in [0.4, 0.5) is 0 Å². The number of carboxylic acids is 1. The molecule has 0 aliphatic carbocycles. The Labute approximate surface area is 188 Å². The molecular weight excluding hydrogens is 428 g/mol. The van der Waals surface area contributed by atoms with Crippen LogP contribution in [0.5, 0.6) is 0 Å². The molecule has 0 aliphatic heterocycles. The highest BCUT2D eigenvalue weighted by atomic mass is 16.4. The Balaban J connectivity index is 1.69. The number of aromatic amines is 3. The van der Waals surface area contributed by atoms with Gasteiger partial charge in [0.15, 0.2) is 5.56 Å². The normalized spacial score (nSPS) is 12.1. The third-order valence-corrected chi connectivity index (χ3v) is 5.15. The van der Waals surface area contributed by atoms with Crippen molar-refractivity contribution >= 4 is 17.8 Å². The average molecular weight is 453 g/mol. The fourth-order valence-corrected chi connectivity index (χ4v) is 3.05. The number of benzene rings is 1. The van der Waals surface area contributed by atoms with Crippen LogP contribution in [-0.2, 0) is 10.3 Å². The molecule has 0 fully saturated rings. The number of carboxylic acid groups (broad SMARTS) is 1. The number of nitrogens with one attached hydrogen (secondary N) is 5. The minimum atomic E-state index is -1.06. The van der Waals surface area contributed by atoms with Gasteiger partial charge in [0.05, 0.1) is 17.2 Å². The zero-order valence-electron chi connectivity index (χ0n) is 18.4. The maximum atomic E-state index is 12.7. The van der Waals surface area contributed by atoms with Crippen molar-refractivity contribution in [3.05, 3.63) is 70.0 Å². The number of carbonyl (C=O) groups excluding carboxylic acids is 2. The van der Waals surface area contributed by atoms with E-state index in [0.29, 0.717) is 0 Å². The third kappa shape index (κ3) is 5.50. The molecule has 172 valence electrons. The van der Waals surface area contributed by atoms with Crippen LogP contribution < -0.4 is 21.2 Å². The number of nitrogens with zero attached hydrogens (tertiary/aromatic N) is 1. The minimum Gasteiger partial charge on any atom is -0.481 e. The molecule has 33 heavy (non-hydrogen) atoms. The number of hydrogen-bond acceptors (Lipinski definition) is 5. The van der Waals surface area contributed by atoms with Crippen LogP contribution in [0.1, 0.15) is 47.3 Å². The second kappa shape index (κ2) is 9.47. The number of hydrogen-bond donors (Lipinski definition) is 5. The quantitative estimate of drug-likeness (QED) is 0.336. The van der Waals surface area contributed by atoms with Crippen molar-refractivity contribution < 1.29 is 24.5 Å². The minimum absolute atomic E-state index is 0.111. The Morgan fingerprint density at radius 3 is 2.42 bits per heavy atom. The van der Waals surface area contributed by atoms with Gasteiger partial charge in [0.25, 0.3) is 5.91 Å². The van der Waals surface area contributed by atoms with E-state index < -0.39 is 34.8 Å². The summed E-state index contributed by atoms with van der Waals surface area (Å²) in [7, 11) is 0. The lowest BCUT2D eigenvalue weighted by atomic mass is 9.92. The van der Waals surface area contributed by atoms with Crippen molar-refractivity contribution in [2.24, 2.45) is 5.92 Å². The zero-order valence-corrected chi connectivity index (χ0v) is 18.4. The van der Waals surface area contributed by atoms with Crippen molar-refractivity contribution in [3.8, 4) is 11.3 Å². The summed E-state index contributed by atoms with van der Waals surface area (Å²) in [5.74, 6) is -3.35. The highest BCUT2D eigenvalue weighted by Gasteiger charge is 2.27. The SMILES string of the molecule is CC(CNC(=O)c1[nH]c(=O)c(C(=O)NC(C)(C)c2ccc(-c3ccn[nH]3)cc2)c[nH+]1)C(=O)O. The van der Waals surface area contributed by atoms with Gasteiger partial charge < -0.3 is 15.7 Å². The molecule has 0 radical (unpaired) electrons. The largest absolute Gasteiger partial charge is 0.481 e. The van der Waals surface area contributed by atoms with Crippen molar-refractivity contribution in [1.82, 2.24) is 25.8 Å². The summed E-state index contributed by atoms with van der Waals surface area (Å²) in [5, 5.41) is 20.9. The third-order valence-electron chi connectivity index (χ3n) is 5.15. The molecule has 0 saturated heterocycles. The lowest BCUT2D eigenvalue weighted by Crippen LogP contribution is -2.44. The van der Waals surface area contributed by atoms with E-state index in [1.807, 2.05) is 30.3 Å². The predicted molar refractivity (Wildman–Crippen MR) is 117 cm³/mol. The van der Waals surface area contributed by atoms with Crippen molar-refractivity contribution in [1.29, 1.82) is 0 Å². The van der Waals surface area contributed by atoms with Gasteiger partial charge >= 0.3 is 23.3 Å². The van der Waals surface area contributed by atoms with Gasteiger partial charge in [0.1, 0.15) is 6.20 Å². The molecule has 2 aromatic heterocycles. The zero-order chi connectivity index (χ0) is 24.2. The molecule has 11 nitrogen and oxygen atoms in total. The summed E-state index contributed by atoms with van der Waals surface area (Å²) in [5.41, 5.74) is 0.880. The second-order valence-electron chi connectivity index (χ2n) is 8.11. The molecule has 11 heteroatoms. The number of H-pyrrole nitrogens is 3. The van der Waals surface area contributed by atoms with Gasteiger partial charge in [-0.05, 0) is 31.0 Å². The molecule has 3 rings (SSSR count). The number of aromatic nitrogens is 4. The molecule has 2 amide bonds. The van der Waals surface area contributed by atoms with E-state index in [0.717, 1.165) is 23.0 Å². The first-order valence-corrected chi connectivity index (χ1v) is 10.2. The molecule has 0 saturated carbocycles. The first kappa shape index (κ1) is 23.4. The molecule has 0 bridgehead atoms. The number of amides is 2. The van der Waals surface area contributed by atoms with E-state index in [2.05, 4.69) is 30.8 Å². The molecule has 0 aliphatic rings. The molecule has 1 unspecified atom stereocenters. The monoisotopic (exact) mass is 453 g/mol. The maximum Gasteiger partial charge on any atom is 0.348 e. The molecule has 1 atom stereocenters. The second-order valence-corrected chi connectivity index (χ2v) is 8.11. The number of rotatable bonds is 8. The van der Waals surface area contributed by atoms with Gasteiger partial charge in [0, 0.05) is 12.7 Å². The fourth-order valence-electron chi connectivity index (χ4n) is 3.05. The average Bonchev–Trinajstić information content (AvgIpc) is 3.31. The summed E-state index contributed by atoms with van der Waals surface area (Å²) in [6.45, 7) is 4.94. The van der Waals surface area contributed by atoms with Crippen molar-refractivity contribution in [2.45, 2.75) is 26.3 Å². The first-order chi connectivity index (χ1) is 15.6. The Morgan fingerprint density at radius 2 is 1.85 bits per heavy atom. The molecule has 0 spiro atoms. The topological polar surface area (TPSA) is 171 Å². The van der Waals surface area contributed by atoms with Gasteiger partial charge in [-0.3, -0.25) is 19.5 Å². The van der Waals surface area contributed by atoms with Crippen LogP contribution in [0.2, 0.25) is 0 Å². The fraction of sp³-hybridized carbons (Fsp3) is 0.273. The predicted octanol–water partition coefficient (Wildman–Crippen LogP) is 0.695. The molecule has 1 aromatic carbocycles. The highest BCUT2D eigenvalue weighted by Crippen LogP contribution is 2.24. The number of carbonyl (C=O) groups is 3. The number of aliphatic carboxylic acids is 1.